The molecule has 3 rings (SSSR count). The van der Waals surface area contributed by atoms with Crippen LogP contribution in [0.1, 0.15) is 24.1 Å². The van der Waals surface area contributed by atoms with E-state index in [1.165, 1.54) is 0 Å². The van der Waals surface area contributed by atoms with E-state index in [1.807, 2.05) is 56.3 Å². The average Bonchev–Trinajstić information content (AvgIpc) is 3.10. The van der Waals surface area contributed by atoms with E-state index in [2.05, 4.69) is 10.6 Å². The van der Waals surface area contributed by atoms with Crippen LogP contribution >= 0.6 is 0 Å². The summed E-state index contributed by atoms with van der Waals surface area (Å²) in [5.41, 5.74) is 2.80. The van der Waals surface area contributed by atoms with Crippen molar-refractivity contribution in [2.75, 3.05) is 32.2 Å². The molecule has 0 bridgehead atoms. The van der Waals surface area contributed by atoms with Gasteiger partial charge in [0.25, 0.3) is 0 Å². The van der Waals surface area contributed by atoms with Crippen LogP contribution in [0.15, 0.2) is 42.5 Å². The molecule has 1 atom stereocenters. The Morgan fingerprint density at radius 2 is 1.71 bits per heavy atom. The fraction of sp³-hybridized carbons (Fsp3) is 0.333. The minimum Gasteiger partial charge on any atom is -0.454 e. The van der Waals surface area contributed by atoms with Gasteiger partial charge in [-0.25, -0.2) is 0 Å². The summed E-state index contributed by atoms with van der Waals surface area (Å²) >= 11 is 0. The van der Waals surface area contributed by atoms with Crippen LogP contribution in [-0.2, 0) is 9.59 Å². The third-order valence-electron chi connectivity index (χ3n) is 4.44. The Morgan fingerprint density at radius 1 is 1.04 bits per heavy atom. The lowest BCUT2D eigenvalue weighted by atomic mass is 10.1. The molecule has 0 saturated carbocycles. The van der Waals surface area contributed by atoms with Crippen LogP contribution in [0.25, 0.3) is 0 Å². The number of carbonyl (C=O) groups is 2. The van der Waals surface area contributed by atoms with E-state index in [9.17, 15) is 9.59 Å². The lowest BCUT2D eigenvalue weighted by Gasteiger charge is -2.19. The summed E-state index contributed by atoms with van der Waals surface area (Å²) in [5.74, 6) is 1.07. The number of hydrogen-bond acceptors (Lipinski definition) is 5. The van der Waals surface area contributed by atoms with Crippen LogP contribution in [0.5, 0.6) is 11.5 Å². The fourth-order valence-electron chi connectivity index (χ4n) is 2.94. The quantitative estimate of drug-likeness (QED) is 0.768. The summed E-state index contributed by atoms with van der Waals surface area (Å²) < 4.78 is 10.7. The normalized spacial score (nSPS) is 13.3. The van der Waals surface area contributed by atoms with E-state index in [0.29, 0.717) is 11.5 Å². The molecule has 0 radical (unpaired) electrons. The van der Waals surface area contributed by atoms with E-state index < -0.39 is 0 Å². The van der Waals surface area contributed by atoms with Crippen LogP contribution in [-0.4, -0.2) is 43.6 Å². The second-order valence-electron chi connectivity index (χ2n) is 6.99. The first kappa shape index (κ1) is 19.7. The van der Waals surface area contributed by atoms with Crippen molar-refractivity contribution in [1.82, 2.24) is 10.2 Å². The summed E-state index contributed by atoms with van der Waals surface area (Å²) in [6, 6.07) is 13.0. The van der Waals surface area contributed by atoms with Crippen molar-refractivity contribution >= 4 is 17.5 Å². The molecule has 7 heteroatoms. The first-order valence-electron chi connectivity index (χ1n) is 9.14. The van der Waals surface area contributed by atoms with Gasteiger partial charge < -0.3 is 20.1 Å². The zero-order valence-corrected chi connectivity index (χ0v) is 16.3. The molecule has 7 nitrogen and oxygen atoms in total. The Morgan fingerprint density at radius 3 is 2.46 bits per heavy atom. The monoisotopic (exact) mass is 383 g/mol. The standard InChI is InChI=1S/C21H25N3O4/c1-14-4-7-17(8-5-14)23-21(26)12-24(3)11-20(25)22-15(2)16-6-9-18-19(10-16)28-13-27-18/h4-10,15H,11-13H2,1-3H3,(H,22,25)(H,23,26)/t15-/m1/s1. The number of nitrogens with zero attached hydrogens (tertiary/aromatic N) is 1. The number of anilines is 1. The molecule has 0 saturated heterocycles. The Labute approximate surface area is 164 Å². The number of carbonyl (C=O) groups excluding carboxylic acids is 2. The molecule has 0 unspecified atom stereocenters. The Bertz CT molecular complexity index is 851. The van der Waals surface area contributed by atoms with Crippen molar-refractivity contribution in [2.24, 2.45) is 0 Å². The van der Waals surface area contributed by atoms with Crippen molar-refractivity contribution in [3.8, 4) is 11.5 Å². The Hall–Kier alpha value is -3.06. The minimum atomic E-state index is -0.184. The van der Waals surface area contributed by atoms with E-state index in [-0.39, 0.29) is 37.7 Å². The van der Waals surface area contributed by atoms with Crippen LogP contribution in [0, 0.1) is 6.92 Å². The molecular weight excluding hydrogens is 358 g/mol. The van der Waals surface area contributed by atoms with Crippen LogP contribution in [0.3, 0.4) is 0 Å². The fourth-order valence-corrected chi connectivity index (χ4v) is 2.94. The second-order valence-corrected chi connectivity index (χ2v) is 6.99. The number of likely N-dealkylation sites (N-methyl/N-ethyl adjacent to an activating group) is 1. The molecule has 0 aromatic heterocycles. The molecule has 28 heavy (non-hydrogen) atoms. The molecular formula is C21H25N3O4. The molecule has 0 fully saturated rings. The van der Waals surface area contributed by atoms with Crippen LogP contribution < -0.4 is 20.1 Å². The maximum absolute atomic E-state index is 12.3. The molecule has 2 amide bonds. The summed E-state index contributed by atoms with van der Waals surface area (Å²) in [7, 11) is 1.74. The highest BCUT2D eigenvalue weighted by atomic mass is 16.7. The van der Waals surface area contributed by atoms with E-state index >= 15 is 0 Å². The summed E-state index contributed by atoms with van der Waals surface area (Å²) in [4.78, 5) is 26.1. The summed E-state index contributed by atoms with van der Waals surface area (Å²) in [5, 5.41) is 5.76. The Kier molecular flexibility index (Phi) is 6.16. The number of rotatable bonds is 7. The van der Waals surface area contributed by atoms with E-state index in [1.54, 1.807) is 11.9 Å². The number of benzene rings is 2. The van der Waals surface area contributed by atoms with Crippen molar-refractivity contribution in [2.45, 2.75) is 19.9 Å². The van der Waals surface area contributed by atoms with Gasteiger partial charge in [-0.3, -0.25) is 14.5 Å². The van der Waals surface area contributed by atoms with E-state index in [0.717, 1.165) is 16.8 Å². The maximum atomic E-state index is 12.3. The third-order valence-corrected chi connectivity index (χ3v) is 4.44. The smallest absolute Gasteiger partial charge is 0.238 e. The van der Waals surface area contributed by atoms with Crippen molar-refractivity contribution in [1.29, 1.82) is 0 Å². The molecule has 2 N–H and O–H groups in total. The zero-order chi connectivity index (χ0) is 20.1. The number of ether oxygens (including phenoxy) is 2. The zero-order valence-electron chi connectivity index (χ0n) is 16.3. The summed E-state index contributed by atoms with van der Waals surface area (Å²) in [6.07, 6.45) is 0. The first-order chi connectivity index (χ1) is 13.4. The van der Waals surface area contributed by atoms with Crippen molar-refractivity contribution in [3.05, 3.63) is 53.6 Å². The van der Waals surface area contributed by atoms with Gasteiger partial charge in [-0.1, -0.05) is 23.8 Å². The number of aryl methyl sites for hydroxylation is 1. The molecule has 1 aliphatic heterocycles. The molecule has 1 heterocycles. The average molecular weight is 383 g/mol. The summed E-state index contributed by atoms with van der Waals surface area (Å²) in [6.45, 7) is 4.35. The van der Waals surface area contributed by atoms with Gasteiger partial charge >= 0.3 is 0 Å². The van der Waals surface area contributed by atoms with Gasteiger partial charge in [-0.15, -0.1) is 0 Å². The van der Waals surface area contributed by atoms with E-state index in [4.69, 9.17) is 9.47 Å². The molecule has 0 spiro atoms. The molecule has 2 aromatic carbocycles. The van der Waals surface area contributed by atoms with Gasteiger partial charge in [0.15, 0.2) is 11.5 Å². The number of amides is 2. The van der Waals surface area contributed by atoms with Crippen LogP contribution in [0.4, 0.5) is 5.69 Å². The highest BCUT2D eigenvalue weighted by Gasteiger charge is 2.18. The number of hydrogen-bond donors (Lipinski definition) is 2. The molecule has 1 aliphatic rings. The molecule has 148 valence electrons. The van der Waals surface area contributed by atoms with Gasteiger partial charge in [0.1, 0.15) is 0 Å². The maximum Gasteiger partial charge on any atom is 0.238 e. The third kappa shape index (κ3) is 5.23. The largest absolute Gasteiger partial charge is 0.454 e. The SMILES string of the molecule is Cc1ccc(NC(=O)CN(C)CC(=O)N[C@H](C)c2ccc3c(c2)OCO3)cc1. The second kappa shape index (κ2) is 8.75. The lowest BCUT2D eigenvalue weighted by Crippen LogP contribution is -2.39. The highest BCUT2D eigenvalue weighted by molar-refractivity contribution is 5.92. The van der Waals surface area contributed by atoms with Gasteiger partial charge in [0.2, 0.25) is 18.6 Å². The molecule has 2 aromatic rings. The first-order valence-corrected chi connectivity index (χ1v) is 9.14. The van der Waals surface area contributed by atoms with Gasteiger partial charge in [0, 0.05) is 5.69 Å². The number of fused-ring (bicyclic) bond motifs is 1. The molecule has 0 aliphatic carbocycles. The Balaban J connectivity index is 1.45. The van der Waals surface area contributed by atoms with Crippen LogP contribution in [0.2, 0.25) is 0 Å². The van der Waals surface area contributed by atoms with Crippen molar-refractivity contribution < 1.29 is 19.1 Å². The highest BCUT2D eigenvalue weighted by Crippen LogP contribution is 2.34. The van der Waals surface area contributed by atoms with Crippen molar-refractivity contribution in [3.63, 3.8) is 0 Å². The predicted octanol–water partition coefficient (Wildman–Crippen LogP) is 2.47. The van der Waals surface area contributed by atoms with Gasteiger partial charge in [0.05, 0.1) is 19.1 Å². The van der Waals surface area contributed by atoms with Gasteiger partial charge in [-0.2, -0.15) is 0 Å². The minimum absolute atomic E-state index is 0.121. The lowest BCUT2D eigenvalue weighted by molar-refractivity contribution is -0.123. The predicted molar refractivity (Wildman–Crippen MR) is 106 cm³/mol. The topological polar surface area (TPSA) is 79.9 Å². The number of nitrogens with one attached hydrogen (secondary N) is 2. The van der Waals surface area contributed by atoms with Gasteiger partial charge in [-0.05, 0) is 50.7 Å².